The van der Waals surface area contributed by atoms with Crippen molar-refractivity contribution >= 4 is 0 Å². The van der Waals surface area contributed by atoms with Crippen molar-refractivity contribution in [2.45, 2.75) is 12.6 Å². The van der Waals surface area contributed by atoms with Gasteiger partial charge in [-0.1, -0.05) is 0 Å². The van der Waals surface area contributed by atoms with Gasteiger partial charge in [-0.05, 0) is 14.1 Å². The van der Waals surface area contributed by atoms with Crippen molar-refractivity contribution in [3.05, 3.63) is 23.8 Å². The van der Waals surface area contributed by atoms with Gasteiger partial charge in [0.2, 0.25) is 0 Å². The van der Waals surface area contributed by atoms with Gasteiger partial charge in [-0.2, -0.15) is 0 Å². The molecule has 2 rings (SSSR count). The van der Waals surface area contributed by atoms with Crippen molar-refractivity contribution < 1.29 is 5.11 Å². The average molecular weight is 222 g/mol. The summed E-state index contributed by atoms with van der Waals surface area (Å²) in [4.78, 5) is 13.2. The third kappa shape index (κ3) is 2.37. The molecular weight excluding hydrogens is 204 g/mol. The molecule has 1 fully saturated rings. The highest BCUT2D eigenvalue weighted by atomic mass is 16.3. The van der Waals surface area contributed by atoms with Crippen molar-refractivity contribution in [2.24, 2.45) is 0 Å². The second kappa shape index (κ2) is 4.86. The smallest absolute Gasteiger partial charge is 0.146 e. The third-order valence-corrected chi connectivity index (χ3v) is 3.06. The third-order valence-electron chi connectivity index (χ3n) is 3.06. The molecule has 16 heavy (non-hydrogen) atoms. The van der Waals surface area contributed by atoms with Crippen LogP contribution in [0.25, 0.3) is 0 Å². The number of aromatic nitrogens is 2. The minimum Gasteiger partial charge on any atom is -0.392 e. The van der Waals surface area contributed by atoms with Gasteiger partial charge in [0, 0.05) is 37.6 Å². The zero-order chi connectivity index (χ0) is 11.5. The van der Waals surface area contributed by atoms with Gasteiger partial charge in [0.25, 0.3) is 0 Å². The predicted octanol–water partition coefficient (Wildman–Crippen LogP) is -0.113. The minimum absolute atomic E-state index is 0.000683. The topological polar surface area (TPSA) is 52.5 Å². The lowest BCUT2D eigenvalue weighted by molar-refractivity contribution is 0.109. The lowest BCUT2D eigenvalue weighted by Crippen LogP contribution is -2.45. The number of likely N-dealkylation sites (N-methyl/N-ethyl adjacent to an activating group) is 2. The summed E-state index contributed by atoms with van der Waals surface area (Å²) >= 11 is 0. The van der Waals surface area contributed by atoms with E-state index in [1.807, 2.05) is 0 Å². The Morgan fingerprint density at radius 1 is 1.31 bits per heavy atom. The first-order valence-corrected chi connectivity index (χ1v) is 5.51. The van der Waals surface area contributed by atoms with Crippen LogP contribution >= 0.6 is 0 Å². The van der Waals surface area contributed by atoms with Crippen molar-refractivity contribution in [3.63, 3.8) is 0 Å². The van der Waals surface area contributed by atoms with Crippen LogP contribution in [-0.4, -0.2) is 58.6 Å². The molecule has 1 aromatic rings. The first kappa shape index (κ1) is 11.4. The normalized spacial score (nSPS) is 23.6. The van der Waals surface area contributed by atoms with E-state index in [1.54, 1.807) is 12.4 Å². The van der Waals surface area contributed by atoms with Gasteiger partial charge in [0.1, 0.15) is 5.82 Å². The number of rotatable bonds is 2. The number of aliphatic hydroxyl groups is 1. The first-order valence-electron chi connectivity index (χ1n) is 5.51. The van der Waals surface area contributed by atoms with Crippen molar-refractivity contribution in [1.82, 2.24) is 19.8 Å². The maximum atomic E-state index is 8.93. The molecule has 1 aliphatic rings. The molecule has 5 nitrogen and oxygen atoms in total. The molecule has 1 saturated heterocycles. The van der Waals surface area contributed by atoms with Gasteiger partial charge in [0.05, 0.1) is 12.6 Å². The lowest BCUT2D eigenvalue weighted by atomic mass is 10.1. The minimum atomic E-state index is 0.000683. The van der Waals surface area contributed by atoms with E-state index < -0.39 is 0 Å². The molecular formula is C11H18N4O. The molecule has 0 spiro atoms. The Bertz CT molecular complexity index is 340. The summed E-state index contributed by atoms with van der Waals surface area (Å²) in [6.45, 7) is 3.07. The van der Waals surface area contributed by atoms with Crippen molar-refractivity contribution in [3.8, 4) is 0 Å². The van der Waals surface area contributed by atoms with E-state index in [0.29, 0.717) is 0 Å². The van der Waals surface area contributed by atoms with Crippen molar-refractivity contribution in [1.29, 1.82) is 0 Å². The number of hydrogen-bond donors (Lipinski definition) is 1. The summed E-state index contributed by atoms with van der Waals surface area (Å²) in [6, 6.07) is 0.256. The monoisotopic (exact) mass is 222 g/mol. The van der Waals surface area contributed by atoms with E-state index in [1.165, 1.54) is 0 Å². The van der Waals surface area contributed by atoms with E-state index in [0.717, 1.165) is 31.0 Å². The second-order valence-electron chi connectivity index (χ2n) is 4.37. The fraction of sp³-hybridized carbons (Fsp3) is 0.636. The van der Waals surface area contributed by atoms with Crippen LogP contribution in [0.1, 0.15) is 17.4 Å². The van der Waals surface area contributed by atoms with Crippen LogP contribution < -0.4 is 0 Å². The molecule has 2 heterocycles. The standard InChI is InChI=1S/C11H18N4O/c1-14-3-4-15(2)10(7-14)11-12-5-9(8-16)6-13-11/h5-6,10,16H,3-4,7-8H2,1-2H3. The van der Waals surface area contributed by atoms with Gasteiger partial charge >= 0.3 is 0 Å². The zero-order valence-corrected chi connectivity index (χ0v) is 9.80. The van der Waals surface area contributed by atoms with Gasteiger partial charge in [-0.3, -0.25) is 4.90 Å². The Labute approximate surface area is 95.7 Å². The summed E-state index contributed by atoms with van der Waals surface area (Å²) in [5, 5.41) is 8.93. The maximum absolute atomic E-state index is 8.93. The van der Waals surface area contributed by atoms with Crippen molar-refractivity contribution in [2.75, 3.05) is 33.7 Å². The van der Waals surface area contributed by atoms with Crippen LogP contribution in [0.4, 0.5) is 0 Å². The molecule has 5 heteroatoms. The zero-order valence-electron chi connectivity index (χ0n) is 9.80. The number of piperazine rings is 1. The highest BCUT2D eigenvalue weighted by Crippen LogP contribution is 2.19. The van der Waals surface area contributed by atoms with Gasteiger partial charge in [-0.15, -0.1) is 0 Å². The van der Waals surface area contributed by atoms with Gasteiger partial charge in [0.15, 0.2) is 0 Å². The fourth-order valence-electron chi connectivity index (χ4n) is 1.91. The van der Waals surface area contributed by atoms with E-state index in [2.05, 4.69) is 33.9 Å². The molecule has 1 N–H and O–H groups in total. The van der Waals surface area contributed by atoms with Crippen LogP contribution in [0, 0.1) is 0 Å². The highest BCUT2D eigenvalue weighted by Gasteiger charge is 2.25. The molecule has 0 radical (unpaired) electrons. The quantitative estimate of drug-likeness (QED) is 0.756. The Balaban J connectivity index is 2.15. The number of aliphatic hydroxyl groups excluding tert-OH is 1. The Hall–Kier alpha value is -1.04. The van der Waals surface area contributed by atoms with Crippen LogP contribution in [-0.2, 0) is 6.61 Å². The molecule has 0 aliphatic carbocycles. The number of hydrogen-bond acceptors (Lipinski definition) is 5. The van der Waals surface area contributed by atoms with Crippen LogP contribution in [0.3, 0.4) is 0 Å². The molecule has 1 unspecified atom stereocenters. The Kier molecular flexibility index (Phi) is 3.48. The predicted molar refractivity (Wildman–Crippen MR) is 60.8 cm³/mol. The average Bonchev–Trinajstić information content (AvgIpc) is 2.32. The van der Waals surface area contributed by atoms with Gasteiger partial charge < -0.3 is 10.0 Å². The van der Waals surface area contributed by atoms with E-state index >= 15 is 0 Å². The molecule has 0 aromatic carbocycles. The summed E-state index contributed by atoms with van der Waals surface area (Å²) < 4.78 is 0. The molecule has 1 aliphatic heterocycles. The highest BCUT2D eigenvalue weighted by molar-refractivity contribution is 5.07. The van der Waals surface area contributed by atoms with E-state index in [-0.39, 0.29) is 12.6 Å². The maximum Gasteiger partial charge on any atom is 0.146 e. The summed E-state index contributed by atoms with van der Waals surface area (Å²) in [5.74, 6) is 0.839. The fourth-order valence-corrected chi connectivity index (χ4v) is 1.91. The largest absolute Gasteiger partial charge is 0.392 e. The number of nitrogens with zero attached hydrogens (tertiary/aromatic N) is 4. The molecule has 0 amide bonds. The lowest BCUT2D eigenvalue weighted by Gasteiger charge is -2.36. The van der Waals surface area contributed by atoms with E-state index in [9.17, 15) is 0 Å². The summed E-state index contributed by atoms with van der Waals surface area (Å²) in [7, 11) is 4.21. The van der Waals surface area contributed by atoms with E-state index in [4.69, 9.17) is 5.11 Å². The molecule has 1 aromatic heterocycles. The van der Waals surface area contributed by atoms with Crippen LogP contribution in [0.2, 0.25) is 0 Å². The second-order valence-corrected chi connectivity index (χ2v) is 4.37. The summed E-state index contributed by atoms with van der Waals surface area (Å²) in [5.41, 5.74) is 0.760. The summed E-state index contributed by atoms with van der Waals surface area (Å²) in [6.07, 6.45) is 3.40. The molecule has 0 saturated carbocycles. The van der Waals surface area contributed by atoms with Crippen LogP contribution in [0.15, 0.2) is 12.4 Å². The van der Waals surface area contributed by atoms with Gasteiger partial charge in [-0.25, -0.2) is 9.97 Å². The van der Waals surface area contributed by atoms with Crippen LogP contribution in [0.5, 0.6) is 0 Å². The molecule has 88 valence electrons. The first-order chi connectivity index (χ1) is 7.70. The molecule has 0 bridgehead atoms. The Morgan fingerprint density at radius 3 is 2.62 bits per heavy atom. The Morgan fingerprint density at radius 2 is 2.00 bits per heavy atom. The molecule has 1 atom stereocenters. The SMILES string of the molecule is CN1CCN(C)C(c2ncc(CO)cn2)C1.